The summed E-state index contributed by atoms with van der Waals surface area (Å²) < 4.78 is 6.01. The van der Waals surface area contributed by atoms with Gasteiger partial charge >= 0.3 is 0 Å². The number of hydrogen-bond donors (Lipinski definition) is 0. The van der Waals surface area contributed by atoms with E-state index in [2.05, 4.69) is 18.7 Å². The van der Waals surface area contributed by atoms with E-state index in [1.807, 2.05) is 36.1 Å². The number of likely N-dealkylation sites (tertiary alicyclic amines) is 1. The standard InChI is InChI=1S/C26H34N2O3/c1-16(2)11-12-22-19-13-18(21-8-6-10-24(29)28(21)22)14-27(15-19)26(30)25-17(3)20-7-4-5-9-23(20)31-25/h4-5,7,9,16,18-19,21-22H,6,8,10-15H2,1-3H3/t18-,19+,21+,22+/m1/s1. The predicted octanol–water partition coefficient (Wildman–Crippen LogP) is 5.02. The van der Waals surface area contributed by atoms with Gasteiger partial charge in [0.05, 0.1) is 0 Å². The Hall–Kier alpha value is -2.30. The number of piperidine rings is 3. The lowest BCUT2D eigenvalue weighted by molar-refractivity contribution is -0.152. The van der Waals surface area contributed by atoms with E-state index < -0.39 is 0 Å². The van der Waals surface area contributed by atoms with Crippen LogP contribution in [0.2, 0.25) is 0 Å². The first kappa shape index (κ1) is 20.6. The minimum Gasteiger partial charge on any atom is -0.451 e. The summed E-state index contributed by atoms with van der Waals surface area (Å²) in [5, 5.41) is 1.02. The summed E-state index contributed by atoms with van der Waals surface area (Å²) in [4.78, 5) is 30.8. The van der Waals surface area contributed by atoms with Crippen LogP contribution in [0.4, 0.5) is 0 Å². The van der Waals surface area contributed by atoms with Crippen LogP contribution in [0.5, 0.6) is 0 Å². The summed E-state index contributed by atoms with van der Waals surface area (Å²) in [6.45, 7) is 7.95. The summed E-state index contributed by atoms with van der Waals surface area (Å²) >= 11 is 0. The maximum Gasteiger partial charge on any atom is 0.289 e. The number of hydrogen-bond acceptors (Lipinski definition) is 3. The number of carbonyl (C=O) groups is 2. The van der Waals surface area contributed by atoms with Gasteiger partial charge in [-0.3, -0.25) is 9.59 Å². The molecule has 0 unspecified atom stereocenters. The first-order valence-electron chi connectivity index (χ1n) is 12.0. The van der Waals surface area contributed by atoms with Crippen molar-refractivity contribution < 1.29 is 14.0 Å². The molecule has 3 fully saturated rings. The van der Waals surface area contributed by atoms with Crippen LogP contribution in [0.25, 0.3) is 11.0 Å². The van der Waals surface area contributed by atoms with Crippen molar-refractivity contribution in [2.45, 2.75) is 71.4 Å². The lowest BCUT2D eigenvalue weighted by Crippen LogP contribution is -2.65. The molecule has 5 rings (SSSR count). The zero-order chi connectivity index (χ0) is 21.7. The van der Waals surface area contributed by atoms with E-state index in [9.17, 15) is 9.59 Å². The van der Waals surface area contributed by atoms with Crippen molar-refractivity contribution >= 4 is 22.8 Å². The van der Waals surface area contributed by atoms with Crippen molar-refractivity contribution in [2.24, 2.45) is 17.8 Å². The molecule has 1 aromatic heterocycles. The maximum absolute atomic E-state index is 13.6. The van der Waals surface area contributed by atoms with Crippen LogP contribution in [0.1, 0.15) is 68.5 Å². The molecule has 0 aliphatic carbocycles. The fourth-order valence-corrected chi connectivity index (χ4v) is 6.34. The highest BCUT2D eigenvalue weighted by Crippen LogP contribution is 2.43. The van der Waals surface area contributed by atoms with Crippen molar-refractivity contribution in [1.82, 2.24) is 9.80 Å². The number of furan rings is 1. The lowest BCUT2D eigenvalue weighted by atomic mass is 9.70. The van der Waals surface area contributed by atoms with Gasteiger partial charge in [-0.05, 0) is 62.8 Å². The van der Waals surface area contributed by atoms with Gasteiger partial charge in [0.25, 0.3) is 5.91 Å². The fraction of sp³-hybridized carbons (Fsp3) is 0.615. The molecule has 1 aromatic carbocycles. The van der Waals surface area contributed by atoms with Crippen molar-refractivity contribution in [3.05, 3.63) is 35.6 Å². The molecule has 0 N–H and O–H groups in total. The summed E-state index contributed by atoms with van der Waals surface area (Å²) in [6.07, 6.45) is 6.05. The van der Waals surface area contributed by atoms with E-state index in [-0.39, 0.29) is 11.9 Å². The summed E-state index contributed by atoms with van der Waals surface area (Å²) in [5.41, 5.74) is 1.71. The molecule has 4 heterocycles. The van der Waals surface area contributed by atoms with Gasteiger partial charge in [0.1, 0.15) is 5.58 Å². The highest BCUT2D eigenvalue weighted by molar-refractivity contribution is 5.99. The topological polar surface area (TPSA) is 53.8 Å². The molecule has 2 bridgehead atoms. The third kappa shape index (κ3) is 3.56. The van der Waals surface area contributed by atoms with E-state index in [4.69, 9.17) is 4.42 Å². The van der Waals surface area contributed by atoms with Crippen LogP contribution in [-0.2, 0) is 4.79 Å². The van der Waals surface area contributed by atoms with E-state index >= 15 is 0 Å². The molecule has 5 heteroatoms. The van der Waals surface area contributed by atoms with Gasteiger partial charge in [-0.15, -0.1) is 0 Å². The molecule has 0 spiro atoms. The first-order chi connectivity index (χ1) is 14.9. The van der Waals surface area contributed by atoms with Crippen LogP contribution < -0.4 is 0 Å². The number of aryl methyl sites for hydroxylation is 1. The summed E-state index contributed by atoms with van der Waals surface area (Å²) in [5.74, 6) is 2.21. The minimum absolute atomic E-state index is 0.0154. The van der Waals surface area contributed by atoms with Gasteiger partial charge in [0.15, 0.2) is 5.76 Å². The van der Waals surface area contributed by atoms with E-state index in [1.165, 1.54) is 0 Å². The first-order valence-corrected chi connectivity index (χ1v) is 12.0. The van der Waals surface area contributed by atoms with Crippen molar-refractivity contribution in [3.63, 3.8) is 0 Å². The Kier molecular flexibility index (Phi) is 5.31. The Bertz CT molecular complexity index is 994. The highest BCUT2D eigenvalue weighted by Gasteiger charge is 2.50. The van der Waals surface area contributed by atoms with Gasteiger partial charge < -0.3 is 14.2 Å². The normalized spacial score (nSPS) is 28.3. The fourth-order valence-electron chi connectivity index (χ4n) is 6.34. The van der Waals surface area contributed by atoms with Gasteiger partial charge in [0, 0.05) is 42.5 Å². The Balaban J connectivity index is 1.43. The SMILES string of the molecule is Cc1c(C(=O)N2C[C@H]3C[C@@H](C2)[C@H](CCC(C)C)N2C(=O)CCC[C@@H]32)oc2ccccc12. The lowest BCUT2D eigenvalue weighted by Gasteiger charge is -2.56. The van der Waals surface area contributed by atoms with Gasteiger partial charge in [-0.1, -0.05) is 32.0 Å². The molecular formula is C26H34N2O3. The number of carbonyl (C=O) groups excluding carboxylic acids is 2. The number of rotatable bonds is 4. The second-order valence-corrected chi connectivity index (χ2v) is 10.3. The van der Waals surface area contributed by atoms with Gasteiger partial charge in [-0.25, -0.2) is 0 Å². The molecule has 0 radical (unpaired) electrons. The molecular weight excluding hydrogens is 388 g/mol. The zero-order valence-corrected chi connectivity index (χ0v) is 19.0. The zero-order valence-electron chi connectivity index (χ0n) is 19.0. The molecule has 4 atom stereocenters. The Morgan fingerprint density at radius 3 is 2.74 bits per heavy atom. The largest absolute Gasteiger partial charge is 0.451 e. The number of para-hydroxylation sites is 1. The number of fused-ring (bicyclic) bond motifs is 5. The number of amides is 2. The van der Waals surface area contributed by atoms with Crippen molar-refractivity contribution in [1.29, 1.82) is 0 Å². The molecule has 166 valence electrons. The second kappa shape index (κ2) is 7.99. The highest BCUT2D eigenvalue weighted by atomic mass is 16.3. The van der Waals surface area contributed by atoms with Crippen molar-refractivity contribution in [2.75, 3.05) is 13.1 Å². The monoisotopic (exact) mass is 422 g/mol. The quantitative estimate of drug-likeness (QED) is 0.695. The van der Waals surface area contributed by atoms with Crippen LogP contribution in [0.3, 0.4) is 0 Å². The average molecular weight is 423 g/mol. The molecule has 5 nitrogen and oxygen atoms in total. The molecule has 2 aromatic rings. The molecule has 3 saturated heterocycles. The van der Waals surface area contributed by atoms with Gasteiger partial charge in [-0.2, -0.15) is 0 Å². The van der Waals surface area contributed by atoms with Crippen molar-refractivity contribution in [3.8, 4) is 0 Å². The van der Waals surface area contributed by atoms with E-state index in [0.29, 0.717) is 41.9 Å². The number of nitrogens with zero attached hydrogens (tertiary/aromatic N) is 2. The number of benzene rings is 1. The maximum atomic E-state index is 13.6. The third-order valence-corrected chi connectivity index (χ3v) is 7.86. The second-order valence-electron chi connectivity index (χ2n) is 10.3. The molecule has 3 aliphatic heterocycles. The van der Waals surface area contributed by atoms with E-state index in [0.717, 1.165) is 61.7 Å². The van der Waals surface area contributed by atoms with Crippen LogP contribution in [0.15, 0.2) is 28.7 Å². The Morgan fingerprint density at radius 1 is 1.19 bits per heavy atom. The predicted molar refractivity (Wildman–Crippen MR) is 121 cm³/mol. The molecule has 3 aliphatic rings. The molecule has 2 amide bonds. The van der Waals surface area contributed by atoms with E-state index in [1.54, 1.807) is 0 Å². The Labute approximate surface area is 184 Å². The summed E-state index contributed by atoms with van der Waals surface area (Å²) in [7, 11) is 0. The van der Waals surface area contributed by atoms with Gasteiger partial charge in [0.2, 0.25) is 5.91 Å². The van der Waals surface area contributed by atoms with Crippen LogP contribution in [-0.4, -0.2) is 46.8 Å². The Morgan fingerprint density at radius 2 is 1.97 bits per heavy atom. The van der Waals surface area contributed by atoms with Crippen LogP contribution in [0, 0.1) is 24.7 Å². The minimum atomic E-state index is 0.0154. The molecule has 0 saturated carbocycles. The van der Waals surface area contributed by atoms with Crippen LogP contribution >= 0.6 is 0 Å². The smallest absolute Gasteiger partial charge is 0.289 e. The third-order valence-electron chi connectivity index (χ3n) is 7.86. The average Bonchev–Trinajstić information content (AvgIpc) is 3.10. The summed E-state index contributed by atoms with van der Waals surface area (Å²) in [6, 6.07) is 8.43. The molecule has 31 heavy (non-hydrogen) atoms.